The quantitative estimate of drug-likeness (QED) is 0.909. The highest BCUT2D eigenvalue weighted by molar-refractivity contribution is 7.90. The normalized spacial score (nSPS) is 13.9. The van der Waals surface area contributed by atoms with Gasteiger partial charge in [-0.2, -0.15) is 0 Å². The molecule has 1 aromatic heterocycles. The summed E-state index contributed by atoms with van der Waals surface area (Å²) in [5.41, 5.74) is 8.39. The Morgan fingerprint density at radius 1 is 1.44 bits per heavy atom. The zero-order valence-electron chi connectivity index (χ0n) is 10.4. The molecule has 1 unspecified atom stereocenters. The van der Waals surface area contributed by atoms with Crippen LogP contribution in [0.5, 0.6) is 0 Å². The Kier molecular flexibility index (Phi) is 3.41. The number of hydrogen-bond acceptors (Lipinski definition) is 5. The number of fused-ring (bicyclic) bond motifs is 1. The summed E-state index contributed by atoms with van der Waals surface area (Å²) in [4.78, 5) is 4.29. The summed E-state index contributed by atoms with van der Waals surface area (Å²) in [6.45, 7) is 1.97. The Labute approximate surface area is 106 Å². The lowest BCUT2D eigenvalue weighted by Gasteiger charge is -2.05. The highest BCUT2D eigenvalue weighted by Crippen LogP contribution is 2.21. The predicted molar refractivity (Wildman–Crippen MR) is 70.0 cm³/mol. The van der Waals surface area contributed by atoms with Gasteiger partial charge in [0.05, 0.1) is 11.8 Å². The minimum Gasteiger partial charge on any atom is -0.439 e. The van der Waals surface area contributed by atoms with Crippen molar-refractivity contribution < 1.29 is 12.8 Å². The zero-order valence-corrected chi connectivity index (χ0v) is 11.2. The lowest BCUT2D eigenvalue weighted by molar-refractivity contribution is 0.468. The number of aryl methyl sites for hydroxylation is 1. The van der Waals surface area contributed by atoms with E-state index in [4.69, 9.17) is 10.2 Å². The van der Waals surface area contributed by atoms with Crippen molar-refractivity contribution in [1.82, 2.24) is 4.98 Å². The van der Waals surface area contributed by atoms with Crippen LogP contribution in [-0.4, -0.2) is 25.4 Å². The third-order valence-corrected chi connectivity index (χ3v) is 3.65. The van der Waals surface area contributed by atoms with Crippen molar-refractivity contribution in [2.75, 3.05) is 12.0 Å². The molecule has 2 aromatic rings. The van der Waals surface area contributed by atoms with E-state index in [1.54, 1.807) is 0 Å². The van der Waals surface area contributed by atoms with Gasteiger partial charge < -0.3 is 10.2 Å². The molecule has 0 aliphatic rings. The largest absolute Gasteiger partial charge is 0.439 e. The second-order valence-electron chi connectivity index (χ2n) is 4.55. The third-order valence-electron chi connectivity index (χ3n) is 2.68. The summed E-state index contributed by atoms with van der Waals surface area (Å²) in [6, 6.07) is 5.18. The van der Waals surface area contributed by atoms with Crippen LogP contribution < -0.4 is 5.73 Å². The molecule has 0 saturated carbocycles. The number of aromatic nitrogens is 1. The van der Waals surface area contributed by atoms with Crippen molar-refractivity contribution in [3.63, 3.8) is 0 Å². The molecule has 1 atom stereocenters. The first-order valence-corrected chi connectivity index (χ1v) is 7.71. The summed E-state index contributed by atoms with van der Waals surface area (Å²) in [6.07, 6.45) is 1.50. The molecule has 0 spiro atoms. The van der Waals surface area contributed by atoms with E-state index in [1.165, 1.54) is 6.26 Å². The minimum absolute atomic E-state index is 0.0337. The molecule has 0 saturated heterocycles. The number of nitrogens with zero attached hydrogens (tertiary/aromatic N) is 1. The van der Waals surface area contributed by atoms with Gasteiger partial charge in [-0.3, -0.25) is 0 Å². The van der Waals surface area contributed by atoms with Crippen LogP contribution in [-0.2, 0) is 9.84 Å². The van der Waals surface area contributed by atoms with Crippen LogP contribution in [0.1, 0.15) is 23.9 Å². The van der Waals surface area contributed by atoms with Crippen molar-refractivity contribution in [2.45, 2.75) is 19.4 Å². The molecular formula is C12H16N2O3S. The smallest absolute Gasteiger partial charge is 0.212 e. The van der Waals surface area contributed by atoms with E-state index in [0.717, 1.165) is 11.1 Å². The minimum atomic E-state index is -3.01. The van der Waals surface area contributed by atoms with Gasteiger partial charge in [0.2, 0.25) is 5.89 Å². The fraction of sp³-hybridized carbons (Fsp3) is 0.417. The number of hydrogen-bond donors (Lipinski definition) is 1. The molecule has 0 bridgehead atoms. The van der Waals surface area contributed by atoms with E-state index in [0.29, 0.717) is 17.9 Å². The van der Waals surface area contributed by atoms with Crippen molar-refractivity contribution in [2.24, 2.45) is 5.73 Å². The van der Waals surface area contributed by atoms with E-state index < -0.39 is 15.9 Å². The highest BCUT2D eigenvalue weighted by Gasteiger charge is 2.16. The van der Waals surface area contributed by atoms with E-state index in [1.807, 2.05) is 25.1 Å². The molecule has 0 aliphatic carbocycles. The van der Waals surface area contributed by atoms with E-state index in [-0.39, 0.29) is 5.75 Å². The van der Waals surface area contributed by atoms with Crippen LogP contribution in [0.2, 0.25) is 0 Å². The molecule has 0 radical (unpaired) electrons. The molecule has 18 heavy (non-hydrogen) atoms. The van der Waals surface area contributed by atoms with Crippen molar-refractivity contribution >= 4 is 20.9 Å². The Hall–Kier alpha value is -1.40. The molecule has 1 heterocycles. The van der Waals surface area contributed by atoms with Crippen molar-refractivity contribution in [3.8, 4) is 0 Å². The molecule has 6 heteroatoms. The maximum atomic E-state index is 11.1. The van der Waals surface area contributed by atoms with Crippen LogP contribution in [0.4, 0.5) is 0 Å². The monoisotopic (exact) mass is 268 g/mol. The first-order valence-electron chi connectivity index (χ1n) is 5.65. The summed E-state index contributed by atoms with van der Waals surface area (Å²) >= 11 is 0. The fourth-order valence-corrected chi connectivity index (χ4v) is 2.36. The molecule has 0 aliphatic heterocycles. The van der Waals surface area contributed by atoms with Gasteiger partial charge in [-0.1, -0.05) is 6.07 Å². The van der Waals surface area contributed by atoms with Gasteiger partial charge in [0, 0.05) is 6.26 Å². The molecule has 2 rings (SSSR count). The second kappa shape index (κ2) is 4.70. The SMILES string of the molecule is Cc1ccc2oc(C(N)CCS(C)(=O)=O)nc2c1. The average Bonchev–Trinajstić information content (AvgIpc) is 2.67. The van der Waals surface area contributed by atoms with Crippen LogP contribution in [0, 0.1) is 6.92 Å². The lowest BCUT2D eigenvalue weighted by Crippen LogP contribution is -2.15. The molecule has 5 nitrogen and oxygen atoms in total. The summed E-state index contributed by atoms with van der Waals surface area (Å²) < 4.78 is 27.7. The van der Waals surface area contributed by atoms with Gasteiger partial charge in [-0.15, -0.1) is 0 Å². The number of nitrogens with two attached hydrogens (primary N) is 1. The topological polar surface area (TPSA) is 86.2 Å². The number of oxazole rings is 1. The first-order chi connectivity index (χ1) is 8.35. The predicted octanol–water partition coefficient (Wildman–Crippen LogP) is 1.57. The van der Waals surface area contributed by atoms with Gasteiger partial charge in [0.25, 0.3) is 0 Å². The maximum absolute atomic E-state index is 11.1. The summed E-state index contributed by atoms with van der Waals surface area (Å²) in [5.74, 6) is 0.422. The van der Waals surface area contributed by atoms with Gasteiger partial charge in [-0.25, -0.2) is 13.4 Å². The number of rotatable bonds is 4. The Morgan fingerprint density at radius 3 is 2.83 bits per heavy atom. The van der Waals surface area contributed by atoms with E-state index >= 15 is 0 Å². The Balaban J connectivity index is 2.20. The van der Waals surface area contributed by atoms with Gasteiger partial charge in [-0.05, 0) is 31.0 Å². The van der Waals surface area contributed by atoms with Gasteiger partial charge in [0.15, 0.2) is 5.58 Å². The van der Waals surface area contributed by atoms with Gasteiger partial charge in [0.1, 0.15) is 15.4 Å². The third kappa shape index (κ3) is 3.08. The van der Waals surface area contributed by atoms with Gasteiger partial charge >= 0.3 is 0 Å². The van der Waals surface area contributed by atoms with Crippen LogP contribution >= 0.6 is 0 Å². The molecule has 0 amide bonds. The highest BCUT2D eigenvalue weighted by atomic mass is 32.2. The molecular weight excluding hydrogens is 252 g/mol. The average molecular weight is 268 g/mol. The maximum Gasteiger partial charge on any atom is 0.212 e. The second-order valence-corrected chi connectivity index (χ2v) is 6.81. The van der Waals surface area contributed by atoms with Crippen LogP contribution in [0.3, 0.4) is 0 Å². The fourth-order valence-electron chi connectivity index (χ4n) is 1.68. The van der Waals surface area contributed by atoms with E-state index in [2.05, 4.69) is 4.98 Å². The lowest BCUT2D eigenvalue weighted by atomic mass is 10.2. The zero-order chi connectivity index (χ0) is 13.3. The standard InChI is InChI=1S/C12H16N2O3S/c1-8-3-4-11-10(7-8)14-12(17-11)9(13)5-6-18(2,15)16/h3-4,7,9H,5-6,13H2,1-2H3. The Morgan fingerprint density at radius 2 is 2.17 bits per heavy atom. The molecule has 1 aromatic carbocycles. The molecule has 98 valence electrons. The molecule has 2 N–H and O–H groups in total. The first kappa shape index (κ1) is 13.0. The summed E-state index contributed by atoms with van der Waals surface area (Å²) in [5, 5.41) is 0. The molecule has 0 fully saturated rings. The van der Waals surface area contributed by atoms with Crippen molar-refractivity contribution in [3.05, 3.63) is 29.7 Å². The Bertz CT molecular complexity index is 661. The van der Waals surface area contributed by atoms with Crippen LogP contribution in [0.15, 0.2) is 22.6 Å². The van der Waals surface area contributed by atoms with Crippen molar-refractivity contribution in [1.29, 1.82) is 0 Å². The summed E-state index contributed by atoms with van der Waals surface area (Å²) in [7, 11) is -3.01. The number of sulfone groups is 1. The number of benzene rings is 1. The van der Waals surface area contributed by atoms with Crippen LogP contribution in [0.25, 0.3) is 11.1 Å². The van der Waals surface area contributed by atoms with E-state index in [9.17, 15) is 8.42 Å².